The Morgan fingerprint density at radius 2 is 1.30 bits per heavy atom. The molecule has 0 fully saturated rings. The Balaban J connectivity index is 1.85. The summed E-state index contributed by atoms with van der Waals surface area (Å²) in [6.07, 6.45) is 0. The first-order chi connectivity index (χ1) is 15.7. The lowest BCUT2D eigenvalue weighted by molar-refractivity contribution is 0.0910. The van der Waals surface area contributed by atoms with Crippen LogP contribution in [0.25, 0.3) is 0 Å². The zero-order valence-corrected chi connectivity index (χ0v) is 20.4. The van der Waals surface area contributed by atoms with E-state index in [1.165, 1.54) is 4.31 Å². The van der Waals surface area contributed by atoms with Gasteiger partial charge in [0.25, 0.3) is 15.9 Å². The van der Waals surface area contributed by atoms with Gasteiger partial charge in [-0.1, -0.05) is 76.2 Å². The van der Waals surface area contributed by atoms with E-state index < -0.39 is 10.0 Å². The van der Waals surface area contributed by atoms with Crippen LogP contribution < -0.4 is 9.62 Å². The molecule has 0 aliphatic heterocycles. The highest BCUT2D eigenvalue weighted by Gasteiger charge is 2.25. The van der Waals surface area contributed by atoms with Crippen molar-refractivity contribution in [3.8, 4) is 0 Å². The summed E-state index contributed by atoms with van der Waals surface area (Å²) in [7, 11) is -3.76. The minimum absolute atomic E-state index is 0.0850. The molecule has 174 valence electrons. The molecule has 6 heteroatoms. The lowest BCUT2D eigenvalue weighted by Crippen LogP contribution is -2.42. The van der Waals surface area contributed by atoms with Gasteiger partial charge >= 0.3 is 0 Å². The van der Waals surface area contributed by atoms with E-state index in [9.17, 15) is 13.2 Å². The third-order valence-electron chi connectivity index (χ3n) is 5.65. The van der Waals surface area contributed by atoms with Crippen LogP contribution in [0.4, 0.5) is 5.69 Å². The quantitative estimate of drug-likeness (QED) is 0.455. The van der Waals surface area contributed by atoms with Crippen molar-refractivity contribution in [1.82, 2.24) is 5.32 Å². The number of carbonyl (C=O) groups excluding carboxylic acids is 1. The molecule has 0 aromatic heterocycles. The highest BCUT2D eigenvalue weighted by atomic mass is 32.2. The van der Waals surface area contributed by atoms with E-state index >= 15 is 0 Å². The number of hydrogen-bond acceptors (Lipinski definition) is 3. The van der Waals surface area contributed by atoms with Gasteiger partial charge in [-0.3, -0.25) is 9.10 Å². The summed E-state index contributed by atoms with van der Waals surface area (Å²) < 4.78 is 28.2. The second-order valence-electron chi connectivity index (χ2n) is 8.84. The fourth-order valence-corrected chi connectivity index (χ4v) is 5.37. The number of para-hydroxylation sites is 1. The van der Waals surface area contributed by atoms with E-state index in [0.717, 1.165) is 5.56 Å². The normalized spacial score (nSPS) is 11.7. The summed E-state index contributed by atoms with van der Waals surface area (Å²) in [6, 6.07) is 24.7. The van der Waals surface area contributed by atoms with E-state index in [2.05, 4.69) is 33.0 Å². The lowest BCUT2D eigenvalue weighted by atomic mass is 9.93. The van der Waals surface area contributed by atoms with Crippen molar-refractivity contribution in [3.05, 3.63) is 96.1 Å². The van der Waals surface area contributed by atoms with Gasteiger partial charge in [0.1, 0.15) is 0 Å². The van der Waals surface area contributed by atoms with E-state index in [1.807, 2.05) is 30.3 Å². The molecule has 0 spiro atoms. The topological polar surface area (TPSA) is 66.5 Å². The van der Waals surface area contributed by atoms with Crippen molar-refractivity contribution in [1.29, 1.82) is 0 Å². The van der Waals surface area contributed by atoms with Gasteiger partial charge in [-0.15, -0.1) is 0 Å². The van der Waals surface area contributed by atoms with Crippen molar-refractivity contribution in [2.75, 3.05) is 4.31 Å². The Kier molecular flexibility index (Phi) is 7.92. The van der Waals surface area contributed by atoms with Crippen LogP contribution in [0.2, 0.25) is 0 Å². The number of amides is 1. The van der Waals surface area contributed by atoms with E-state index in [1.54, 1.807) is 54.6 Å². The number of benzene rings is 3. The fraction of sp³-hybridized carbons (Fsp3) is 0.296. The Bertz CT molecular complexity index is 1130. The second kappa shape index (κ2) is 10.7. The molecule has 3 rings (SSSR count). The molecule has 0 aliphatic rings. The zero-order valence-electron chi connectivity index (χ0n) is 19.6. The fourth-order valence-electron chi connectivity index (χ4n) is 3.89. The van der Waals surface area contributed by atoms with Crippen molar-refractivity contribution < 1.29 is 13.2 Å². The molecule has 1 amide bonds. The Labute approximate surface area is 197 Å². The average Bonchev–Trinajstić information content (AvgIpc) is 2.81. The summed E-state index contributed by atoms with van der Waals surface area (Å²) in [5.74, 6) is 0.539. The summed E-state index contributed by atoms with van der Waals surface area (Å²) in [5.41, 5.74) is 1.93. The van der Waals surface area contributed by atoms with Gasteiger partial charge in [0, 0.05) is 11.6 Å². The SMILES string of the molecule is CC(C)C(NC(=O)c1ccc(CN(c2ccccc2)S(=O)(=O)c2ccccc2)cc1)C(C)C. The highest BCUT2D eigenvalue weighted by molar-refractivity contribution is 7.92. The lowest BCUT2D eigenvalue weighted by Gasteiger charge is -2.26. The van der Waals surface area contributed by atoms with Gasteiger partial charge < -0.3 is 5.32 Å². The Hall–Kier alpha value is -3.12. The monoisotopic (exact) mass is 464 g/mol. The van der Waals surface area contributed by atoms with Crippen molar-refractivity contribution >= 4 is 21.6 Å². The van der Waals surface area contributed by atoms with Gasteiger partial charge in [0.05, 0.1) is 17.1 Å². The number of nitrogens with zero attached hydrogens (tertiary/aromatic N) is 1. The second-order valence-corrected chi connectivity index (χ2v) is 10.7. The largest absolute Gasteiger partial charge is 0.349 e. The molecule has 3 aromatic carbocycles. The summed E-state index contributed by atoms with van der Waals surface area (Å²) in [4.78, 5) is 13.0. The maximum absolute atomic E-state index is 13.4. The molecular formula is C27H32N2O3S. The molecule has 0 atom stereocenters. The van der Waals surface area contributed by atoms with Gasteiger partial charge in [0.15, 0.2) is 0 Å². The Morgan fingerprint density at radius 3 is 1.82 bits per heavy atom. The summed E-state index contributed by atoms with van der Waals surface area (Å²) in [6.45, 7) is 8.54. The molecule has 0 heterocycles. The van der Waals surface area contributed by atoms with Crippen LogP contribution in [-0.2, 0) is 16.6 Å². The first-order valence-corrected chi connectivity index (χ1v) is 12.7. The maximum atomic E-state index is 13.4. The molecule has 5 nitrogen and oxygen atoms in total. The van der Waals surface area contributed by atoms with Crippen LogP contribution >= 0.6 is 0 Å². The first kappa shape index (κ1) is 24.5. The van der Waals surface area contributed by atoms with Crippen LogP contribution in [0.1, 0.15) is 43.6 Å². The number of carbonyl (C=O) groups is 1. The number of sulfonamides is 1. The van der Waals surface area contributed by atoms with Gasteiger partial charge in [0.2, 0.25) is 0 Å². The molecule has 0 saturated carbocycles. The minimum Gasteiger partial charge on any atom is -0.349 e. The number of hydrogen-bond donors (Lipinski definition) is 1. The molecule has 1 N–H and O–H groups in total. The highest BCUT2D eigenvalue weighted by Crippen LogP contribution is 2.26. The predicted octanol–water partition coefficient (Wildman–Crippen LogP) is 5.49. The number of anilines is 1. The van der Waals surface area contributed by atoms with Crippen LogP contribution in [0.5, 0.6) is 0 Å². The molecule has 3 aromatic rings. The molecule has 33 heavy (non-hydrogen) atoms. The van der Waals surface area contributed by atoms with Gasteiger partial charge in [-0.25, -0.2) is 8.42 Å². The molecule has 0 saturated heterocycles. The number of nitrogens with one attached hydrogen (secondary N) is 1. The summed E-state index contributed by atoms with van der Waals surface area (Å²) >= 11 is 0. The standard InChI is InChI=1S/C27H32N2O3S/c1-20(2)26(21(3)4)28-27(30)23-17-15-22(16-18-23)19-29(24-11-7-5-8-12-24)33(31,32)25-13-9-6-10-14-25/h5-18,20-21,26H,19H2,1-4H3,(H,28,30). The van der Waals surface area contributed by atoms with E-state index in [0.29, 0.717) is 23.1 Å². The third kappa shape index (κ3) is 6.02. The molecule has 0 bridgehead atoms. The van der Waals surface area contributed by atoms with E-state index in [4.69, 9.17) is 0 Å². The molecule has 0 radical (unpaired) electrons. The third-order valence-corrected chi connectivity index (χ3v) is 7.44. The van der Waals surface area contributed by atoms with Crippen molar-refractivity contribution in [3.63, 3.8) is 0 Å². The molecule has 0 aliphatic carbocycles. The minimum atomic E-state index is -3.76. The predicted molar refractivity (Wildman–Crippen MR) is 134 cm³/mol. The molecule has 0 unspecified atom stereocenters. The van der Waals surface area contributed by atoms with E-state index in [-0.39, 0.29) is 23.4 Å². The Morgan fingerprint density at radius 1 is 0.788 bits per heavy atom. The van der Waals surface area contributed by atoms with Crippen LogP contribution in [0.3, 0.4) is 0 Å². The van der Waals surface area contributed by atoms with Crippen molar-refractivity contribution in [2.24, 2.45) is 11.8 Å². The summed E-state index contributed by atoms with van der Waals surface area (Å²) in [5, 5.41) is 3.12. The maximum Gasteiger partial charge on any atom is 0.264 e. The molecular weight excluding hydrogens is 432 g/mol. The van der Waals surface area contributed by atoms with Gasteiger partial charge in [-0.2, -0.15) is 0 Å². The van der Waals surface area contributed by atoms with Crippen LogP contribution in [0.15, 0.2) is 89.8 Å². The average molecular weight is 465 g/mol. The van der Waals surface area contributed by atoms with Crippen LogP contribution in [-0.4, -0.2) is 20.4 Å². The van der Waals surface area contributed by atoms with Crippen molar-refractivity contribution in [2.45, 2.75) is 45.2 Å². The zero-order chi connectivity index (χ0) is 24.0. The smallest absolute Gasteiger partial charge is 0.264 e. The van der Waals surface area contributed by atoms with Crippen LogP contribution in [0, 0.1) is 11.8 Å². The first-order valence-electron chi connectivity index (χ1n) is 11.2. The number of rotatable bonds is 9. The van der Waals surface area contributed by atoms with Gasteiger partial charge in [-0.05, 0) is 53.8 Å².